The summed E-state index contributed by atoms with van der Waals surface area (Å²) in [5.74, 6) is 0.401. The van der Waals surface area contributed by atoms with Crippen LogP contribution in [0.15, 0.2) is 34.2 Å². The number of nitriles is 1. The van der Waals surface area contributed by atoms with Crippen molar-refractivity contribution in [3.63, 3.8) is 0 Å². The number of carbonyl (C=O) groups is 1. The number of aryl methyl sites for hydroxylation is 2. The second-order valence-electron chi connectivity index (χ2n) is 8.31. The Morgan fingerprint density at radius 2 is 2.06 bits per heavy atom. The molecule has 0 radical (unpaired) electrons. The zero-order valence-electron chi connectivity index (χ0n) is 18.8. The molecule has 4 aromatic rings. The molecule has 0 spiro atoms. The number of rotatable bonds is 6. The van der Waals surface area contributed by atoms with Crippen molar-refractivity contribution in [2.75, 3.05) is 11.1 Å². The number of hydrogen-bond acceptors (Lipinski definition) is 7. The predicted octanol–water partition coefficient (Wildman–Crippen LogP) is 4.39. The van der Waals surface area contributed by atoms with Crippen molar-refractivity contribution in [3.8, 4) is 6.07 Å². The maximum atomic E-state index is 13.0. The fraction of sp³-hybridized carbons (Fsp3) is 0.375. The van der Waals surface area contributed by atoms with Crippen LogP contribution in [0, 0.1) is 11.3 Å². The molecule has 0 unspecified atom stereocenters. The Hall–Kier alpha value is -3.16. The molecule has 1 aromatic carbocycles. The highest BCUT2D eigenvalue weighted by atomic mass is 32.2. The molecule has 3 heterocycles. The first-order valence-electron chi connectivity index (χ1n) is 11.5. The van der Waals surface area contributed by atoms with Crippen LogP contribution in [-0.2, 0) is 24.2 Å². The van der Waals surface area contributed by atoms with E-state index >= 15 is 0 Å². The van der Waals surface area contributed by atoms with Crippen LogP contribution in [0.25, 0.3) is 16.7 Å². The number of benzene rings is 1. The minimum atomic E-state index is -0.194. The molecule has 0 atom stereocenters. The largest absolute Gasteiger partial charge is 0.316 e. The monoisotopic (exact) mass is 492 g/mol. The average molecular weight is 493 g/mol. The molecule has 0 fully saturated rings. The van der Waals surface area contributed by atoms with Gasteiger partial charge in [-0.15, -0.1) is 21.5 Å². The Balaban J connectivity index is 1.42. The Labute approximate surface area is 204 Å². The highest BCUT2D eigenvalue weighted by molar-refractivity contribution is 7.99. The fourth-order valence-corrected chi connectivity index (χ4v) is 6.49. The summed E-state index contributed by atoms with van der Waals surface area (Å²) in [6.45, 7) is 2.55. The number of nitrogens with zero attached hydrogens (tertiary/aromatic N) is 5. The van der Waals surface area contributed by atoms with E-state index in [1.165, 1.54) is 34.4 Å². The van der Waals surface area contributed by atoms with E-state index < -0.39 is 0 Å². The molecular formula is C24H24N6O2S2. The highest BCUT2D eigenvalue weighted by Crippen LogP contribution is 2.37. The van der Waals surface area contributed by atoms with Gasteiger partial charge in [-0.05, 0) is 49.8 Å². The van der Waals surface area contributed by atoms with Crippen LogP contribution in [0.5, 0.6) is 0 Å². The number of fused-ring (bicyclic) bond motifs is 4. The molecule has 1 amide bonds. The van der Waals surface area contributed by atoms with Gasteiger partial charge in [-0.2, -0.15) is 5.26 Å². The van der Waals surface area contributed by atoms with E-state index in [9.17, 15) is 14.9 Å². The molecule has 5 rings (SSSR count). The third kappa shape index (κ3) is 3.99. The van der Waals surface area contributed by atoms with E-state index in [4.69, 9.17) is 0 Å². The van der Waals surface area contributed by atoms with Crippen LogP contribution in [0.1, 0.15) is 48.6 Å². The molecule has 1 N–H and O–H groups in total. The average Bonchev–Trinajstić information content (AvgIpc) is 3.33. The first kappa shape index (κ1) is 22.6. The standard InChI is InChI=1S/C24H24N6O2S2/c1-2-12-29-22(32)16-9-6-7-10-18(16)30-23(29)27-28-24(30)33-14-20(31)26-21-17(13-25)15-8-4-3-5-11-19(15)34-21/h6-7,9-10H,2-5,8,11-12,14H2,1H3,(H,26,31). The van der Waals surface area contributed by atoms with E-state index in [1.807, 2.05) is 29.5 Å². The summed E-state index contributed by atoms with van der Waals surface area (Å²) in [4.78, 5) is 27.0. The van der Waals surface area contributed by atoms with E-state index in [0.29, 0.717) is 33.4 Å². The second kappa shape index (κ2) is 9.60. The number of anilines is 1. The number of hydrogen-bond donors (Lipinski definition) is 1. The lowest BCUT2D eigenvalue weighted by Gasteiger charge is -2.10. The number of thioether (sulfide) groups is 1. The van der Waals surface area contributed by atoms with E-state index in [0.717, 1.165) is 43.2 Å². The van der Waals surface area contributed by atoms with Crippen molar-refractivity contribution in [2.24, 2.45) is 0 Å². The zero-order chi connectivity index (χ0) is 23.7. The first-order chi connectivity index (χ1) is 16.6. The summed E-state index contributed by atoms with van der Waals surface area (Å²) >= 11 is 2.80. The van der Waals surface area contributed by atoms with Gasteiger partial charge in [0.1, 0.15) is 11.1 Å². The molecule has 1 aliphatic carbocycles. The molecule has 0 saturated carbocycles. The summed E-state index contributed by atoms with van der Waals surface area (Å²) < 4.78 is 3.48. The summed E-state index contributed by atoms with van der Waals surface area (Å²) in [5.41, 5.74) is 2.35. The van der Waals surface area contributed by atoms with Gasteiger partial charge in [-0.1, -0.05) is 37.2 Å². The number of nitrogens with one attached hydrogen (secondary N) is 1. The predicted molar refractivity (Wildman–Crippen MR) is 135 cm³/mol. The summed E-state index contributed by atoms with van der Waals surface area (Å²) in [6, 6.07) is 9.68. The summed E-state index contributed by atoms with van der Waals surface area (Å²) in [7, 11) is 0. The lowest BCUT2D eigenvalue weighted by Crippen LogP contribution is -2.23. The molecule has 10 heteroatoms. The number of amides is 1. The van der Waals surface area contributed by atoms with E-state index in [-0.39, 0.29) is 17.2 Å². The minimum absolute atomic E-state index is 0.0897. The Morgan fingerprint density at radius 1 is 1.24 bits per heavy atom. The van der Waals surface area contributed by atoms with Gasteiger partial charge in [-0.3, -0.25) is 18.6 Å². The van der Waals surface area contributed by atoms with Crippen molar-refractivity contribution in [1.82, 2.24) is 19.2 Å². The van der Waals surface area contributed by atoms with Crippen molar-refractivity contribution in [3.05, 3.63) is 50.6 Å². The Bertz CT molecular complexity index is 1490. The molecule has 8 nitrogen and oxygen atoms in total. The molecule has 0 aliphatic heterocycles. The molecule has 174 valence electrons. The Morgan fingerprint density at radius 3 is 2.88 bits per heavy atom. The van der Waals surface area contributed by atoms with Crippen LogP contribution >= 0.6 is 23.1 Å². The molecule has 0 saturated heterocycles. The van der Waals surface area contributed by atoms with E-state index in [1.54, 1.807) is 10.6 Å². The maximum absolute atomic E-state index is 13.0. The summed E-state index contributed by atoms with van der Waals surface area (Å²) in [5, 5.41) is 23.0. The van der Waals surface area contributed by atoms with Gasteiger partial charge < -0.3 is 5.32 Å². The second-order valence-corrected chi connectivity index (χ2v) is 10.4. The van der Waals surface area contributed by atoms with Crippen LogP contribution in [-0.4, -0.2) is 30.8 Å². The van der Waals surface area contributed by atoms with Gasteiger partial charge in [0.25, 0.3) is 5.56 Å². The fourth-order valence-electron chi connectivity index (χ4n) is 4.49. The van der Waals surface area contributed by atoms with Crippen LogP contribution in [0.2, 0.25) is 0 Å². The van der Waals surface area contributed by atoms with Gasteiger partial charge in [0.15, 0.2) is 5.16 Å². The molecule has 34 heavy (non-hydrogen) atoms. The van der Waals surface area contributed by atoms with Gasteiger partial charge in [0.2, 0.25) is 11.7 Å². The van der Waals surface area contributed by atoms with Crippen molar-refractivity contribution < 1.29 is 4.79 Å². The third-order valence-corrected chi connectivity index (χ3v) is 8.18. The van der Waals surface area contributed by atoms with Crippen molar-refractivity contribution in [2.45, 2.75) is 57.1 Å². The zero-order valence-corrected chi connectivity index (χ0v) is 20.5. The number of thiophene rings is 1. The minimum Gasteiger partial charge on any atom is -0.316 e. The van der Waals surface area contributed by atoms with Crippen LogP contribution in [0.4, 0.5) is 5.00 Å². The van der Waals surface area contributed by atoms with Crippen molar-refractivity contribution in [1.29, 1.82) is 5.26 Å². The SMILES string of the molecule is CCCn1c(=O)c2ccccc2n2c(SCC(=O)Nc3sc4c(c3C#N)CCCCC4)nnc12. The molecule has 3 aromatic heterocycles. The molecule has 0 bridgehead atoms. The lowest BCUT2D eigenvalue weighted by molar-refractivity contribution is -0.113. The van der Waals surface area contributed by atoms with Crippen LogP contribution in [0.3, 0.4) is 0 Å². The van der Waals surface area contributed by atoms with Gasteiger partial charge in [-0.25, -0.2) is 0 Å². The molecular weight excluding hydrogens is 468 g/mol. The van der Waals surface area contributed by atoms with Gasteiger partial charge >= 0.3 is 0 Å². The van der Waals surface area contributed by atoms with E-state index in [2.05, 4.69) is 21.6 Å². The first-order valence-corrected chi connectivity index (χ1v) is 13.3. The smallest absolute Gasteiger partial charge is 0.262 e. The van der Waals surface area contributed by atoms with Crippen molar-refractivity contribution >= 4 is 50.7 Å². The van der Waals surface area contributed by atoms with Crippen LogP contribution < -0.4 is 10.9 Å². The number of aromatic nitrogens is 4. The van der Waals surface area contributed by atoms with Gasteiger partial charge in [0, 0.05) is 11.4 Å². The van der Waals surface area contributed by atoms with Gasteiger partial charge in [0.05, 0.1) is 22.2 Å². The quantitative estimate of drug-likeness (QED) is 0.316. The number of para-hydroxylation sites is 1. The molecule has 1 aliphatic rings. The maximum Gasteiger partial charge on any atom is 0.262 e. The Kier molecular flexibility index (Phi) is 6.39. The summed E-state index contributed by atoms with van der Waals surface area (Å²) in [6.07, 6.45) is 6.04. The lowest BCUT2D eigenvalue weighted by atomic mass is 10.1. The topological polar surface area (TPSA) is 105 Å². The number of carbonyl (C=O) groups excluding carboxylic acids is 1. The normalized spacial score (nSPS) is 13.5. The highest BCUT2D eigenvalue weighted by Gasteiger charge is 2.22. The third-order valence-electron chi connectivity index (χ3n) is 6.04.